The number of carbonyl (C=O) groups is 5. The number of alkyl halides is 1. The smallest absolute Gasteiger partial charge is 0.274 e. The molecule has 3 aromatic carbocycles. The van der Waals surface area contributed by atoms with Crippen LogP contribution in [0.1, 0.15) is 120 Å². The monoisotopic (exact) mass is 715 g/mol. The Labute approximate surface area is 306 Å². The third-order valence-electron chi connectivity index (χ3n) is 9.85. The summed E-state index contributed by atoms with van der Waals surface area (Å²) in [4.78, 5) is 65.1. The van der Waals surface area contributed by atoms with Gasteiger partial charge in [-0.15, -0.1) is 0 Å². The lowest BCUT2D eigenvalue weighted by Crippen LogP contribution is -2.62. The van der Waals surface area contributed by atoms with E-state index >= 15 is 0 Å². The lowest BCUT2D eigenvalue weighted by atomic mass is 9.76. The van der Waals surface area contributed by atoms with E-state index in [4.69, 9.17) is 16.3 Å². The highest BCUT2D eigenvalue weighted by Crippen LogP contribution is 2.40. The number of ether oxygens (including phenoxy) is 1. The van der Waals surface area contributed by atoms with Crippen LogP contribution in [0, 0.1) is 5.41 Å². The van der Waals surface area contributed by atoms with Gasteiger partial charge in [0, 0.05) is 28.8 Å². The van der Waals surface area contributed by atoms with Crippen molar-refractivity contribution in [3.8, 4) is 5.75 Å². The second kappa shape index (κ2) is 15.0. The molecule has 1 heterocycles. The zero-order valence-electron chi connectivity index (χ0n) is 31.2. The average molecular weight is 716 g/mol. The number of halogens is 1. The van der Waals surface area contributed by atoms with Crippen molar-refractivity contribution in [1.29, 1.82) is 0 Å². The van der Waals surface area contributed by atoms with Gasteiger partial charge in [0.2, 0.25) is 5.91 Å². The fraction of sp³-hybridized carbons (Fsp3) is 0.439. The van der Waals surface area contributed by atoms with Gasteiger partial charge in [0.25, 0.3) is 22.7 Å². The molecule has 1 unspecified atom stereocenters. The number of carbonyl (C=O) groups excluding carboxylic acids is 5. The highest BCUT2D eigenvalue weighted by molar-refractivity contribution is 6.51. The number of hydrogen-bond donors (Lipinski definition) is 2. The first-order valence-electron chi connectivity index (χ1n) is 17.5. The average Bonchev–Trinajstić information content (AvgIpc) is 3.34. The lowest BCUT2D eigenvalue weighted by molar-refractivity contribution is -0.139. The summed E-state index contributed by atoms with van der Waals surface area (Å²) in [5.74, 6) is -3.02. The van der Waals surface area contributed by atoms with Crippen molar-refractivity contribution >= 4 is 52.4 Å². The molecule has 0 fully saturated rings. The zero-order chi connectivity index (χ0) is 37.9. The number of benzene rings is 3. The van der Waals surface area contributed by atoms with Gasteiger partial charge in [-0.1, -0.05) is 104 Å². The van der Waals surface area contributed by atoms with Gasteiger partial charge in [-0.2, -0.15) is 0 Å². The van der Waals surface area contributed by atoms with Crippen LogP contribution in [0.4, 0.5) is 11.4 Å². The minimum Gasteiger partial charge on any atom is -0.493 e. The fourth-order valence-corrected chi connectivity index (χ4v) is 6.28. The van der Waals surface area contributed by atoms with Gasteiger partial charge >= 0.3 is 0 Å². The molecular formula is C41H50ClN3O6. The van der Waals surface area contributed by atoms with E-state index in [0.717, 1.165) is 24.2 Å². The first-order valence-corrected chi connectivity index (χ1v) is 17.9. The minimum absolute atomic E-state index is 0.0465. The van der Waals surface area contributed by atoms with Crippen molar-refractivity contribution in [1.82, 2.24) is 4.90 Å². The molecule has 0 aliphatic carbocycles. The van der Waals surface area contributed by atoms with Gasteiger partial charge in [0.05, 0.1) is 17.7 Å². The number of Topliss-reactive ketones (excluding diaryl/α,β-unsaturated/α-hetero) is 1. The Morgan fingerprint density at radius 3 is 1.86 bits per heavy atom. The van der Waals surface area contributed by atoms with Gasteiger partial charge in [-0.05, 0) is 72.1 Å². The molecule has 2 N–H and O–H groups in total. The summed E-state index contributed by atoms with van der Waals surface area (Å²) in [6.45, 7) is 18.3. The minimum atomic E-state index is -2.68. The molecule has 1 atom stereocenters. The van der Waals surface area contributed by atoms with Crippen LogP contribution in [0.15, 0.2) is 66.7 Å². The molecule has 1 aliphatic rings. The number of amides is 4. The summed E-state index contributed by atoms with van der Waals surface area (Å²) in [5.41, 5.74) is 1.89. The summed E-state index contributed by atoms with van der Waals surface area (Å²) in [7, 11) is 0. The van der Waals surface area contributed by atoms with Crippen LogP contribution < -0.4 is 15.4 Å². The molecule has 0 saturated heterocycles. The van der Waals surface area contributed by atoms with Gasteiger partial charge in [0.1, 0.15) is 5.75 Å². The number of imide groups is 1. The number of rotatable bonds is 14. The number of ketones is 1. The molecule has 0 saturated carbocycles. The summed E-state index contributed by atoms with van der Waals surface area (Å²) in [5, 5.41) is 5.43. The maximum Gasteiger partial charge on any atom is 0.274 e. The second-order valence-corrected chi connectivity index (χ2v) is 16.0. The van der Waals surface area contributed by atoms with E-state index in [-0.39, 0.29) is 40.0 Å². The molecule has 4 rings (SSSR count). The van der Waals surface area contributed by atoms with E-state index in [1.807, 2.05) is 6.07 Å². The van der Waals surface area contributed by atoms with Gasteiger partial charge < -0.3 is 15.4 Å². The van der Waals surface area contributed by atoms with Crippen molar-refractivity contribution in [2.45, 2.75) is 104 Å². The highest BCUT2D eigenvalue weighted by atomic mass is 35.5. The first kappa shape index (κ1) is 39.3. The van der Waals surface area contributed by atoms with Crippen LogP contribution >= 0.6 is 11.6 Å². The Balaban J connectivity index is 1.43. The molecule has 9 nitrogen and oxygen atoms in total. The summed E-state index contributed by atoms with van der Waals surface area (Å²) in [6, 6.07) is 18.8. The molecule has 10 heteroatoms. The third kappa shape index (κ3) is 8.19. The highest BCUT2D eigenvalue weighted by Gasteiger charge is 2.59. The standard InChI is InChI=1S/C41H50ClN3O6/c1-10-39(6,7)26-21-22-32(31(24-26)40(8,9)11-2)51-23-15-20-33(46)43-27-16-14-17-28(25-27)44-37(50)41(42,36(49)38(3,4)5)45-34(47)29-18-12-13-19-30(29)35(45)48/h12-14,16-19,21-22,24-25H,10-11,15,20,23H2,1-9H3,(H,43,46)(H,44,50). The molecule has 51 heavy (non-hydrogen) atoms. The van der Waals surface area contributed by atoms with Gasteiger partial charge in [-0.25, -0.2) is 4.90 Å². The van der Waals surface area contributed by atoms with Crippen LogP contribution in [0.3, 0.4) is 0 Å². The molecule has 1 aliphatic heterocycles. The Morgan fingerprint density at radius 2 is 1.31 bits per heavy atom. The van der Waals surface area contributed by atoms with Crippen molar-refractivity contribution < 1.29 is 28.7 Å². The summed E-state index contributed by atoms with van der Waals surface area (Å²) < 4.78 is 6.22. The van der Waals surface area contributed by atoms with Crippen LogP contribution in [-0.4, -0.2) is 45.9 Å². The van der Waals surface area contributed by atoms with E-state index < -0.39 is 33.9 Å². The second-order valence-electron chi connectivity index (χ2n) is 15.4. The van der Waals surface area contributed by atoms with Gasteiger partial charge in [-0.3, -0.25) is 24.0 Å². The topological polar surface area (TPSA) is 122 Å². The number of nitrogens with one attached hydrogen (secondary N) is 2. The van der Waals surface area contributed by atoms with E-state index in [0.29, 0.717) is 23.6 Å². The van der Waals surface area contributed by atoms with Crippen LogP contribution in [-0.2, 0) is 25.2 Å². The van der Waals surface area contributed by atoms with E-state index in [1.165, 1.54) is 23.8 Å². The molecule has 0 radical (unpaired) electrons. The summed E-state index contributed by atoms with van der Waals surface area (Å²) in [6.07, 6.45) is 2.63. The first-order chi connectivity index (χ1) is 23.8. The Kier molecular flexibility index (Phi) is 11.6. The fourth-order valence-electron chi connectivity index (χ4n) is 5.80. The molecule has 0 bridgehead atoms. The number of hydrogen-bond acceptors (Lipinski definition) is 6. The van der Waals surface area contributed by atoms with Crippen LogP contribution in [0.5, 0.6) is 5.75 Å². The van der Waals surface area contributed by atoms with E-state index in [9.17, 15) is 24.0 Å². The number of fused-ring (bicyclic) bond motifs is 1. The normalized spacial score (nSPS) is 14.5. The van der Waals surface area contributed by atoms with E-state index in [2.05, 4.69) is 64.3 Å². The predicted octanol–water partition coefficient (Wildman–Crippen LogP) is 8.64. The number of anilines is 2. The van der Waals surface area contributed by atoms with Crippen molar-refractivity contribution in [2.75, 3.05) is 17.2 Å². The molecule has 0 spiro atoms. The molecule has 272 valence electrons. The van der Waals surface area contributed by atoms with Crippen molar-refractivity contribution in [3.63, 3.8) is 0 Å². The van der Waals surface area contributed by atoms with Crippen LogP contribution in [0.25, 0.3) is 0 Å². The van der Waals surface area contributed by atoms with Crippen molar-refractivity contribution in [2.24, 2.45) is 5.41 Å². The molecular weight excluding hydrogens is 666 g/mol. The predicted molar refractivity (Wildman–Crippen MR) is 201 cm³/mol. The Morgan fingerprint density at radius 1 is 0.745 bits per heavy atom. The van der Waals surface area contributed by atoms with Gasteiger partial charge in [0.15, 0.2) is 5.78 Å². The zero-order valence-corrected chi connectivity index (χ0v) is 31.9. The quantitative estimate of drug-likeness (QED) is 0.0567. The molecule has 3 aromatic rings. The molecule has 4 amide bonds. The van der Waals surface area contributed by atoms with Crippen LogP contribution in [0.2, 0.25) is 0 Å². The van der Waals surface area contributed by atoms with E-state index in [1.54, 1.807) is 51.1 Å². The van der Waals surface area contributed by atoms with Crippen molar-refractivity contribution in [3.05, 3.63) is 89.0 Å². The number of nitrogens with zero attached hydrogens (tertiary/aromatic N) is 1. The Bertz CT molecular complexity index is 1810. The SMILES string of the molecule is CCC(C)(C)c1ccc(OCCCC(=O)Nc2cccc(NC(=O)C(Cl)(C(=O)C(C)(C)C)N3C(=O)c4ccccc4C3=O)c2)c(C(C)(C)CC)c1. The Hall–Kier alpha value is -4.50. The maximum absolute atomic E-state index is 13.9. The summed E-state index contributed by atoms with van der Waals surface area (Å²) >= 11 is 6.82. The third-order valence-corrected chi connectivity index (χ3v) is 10.4. The largest absolute Gasteiger partial charge is 0.493 e. The molecule has 0 aromatic heterocycles. The maximum atomic E-state index is 13.9. The lowest BCUT2D eigenvalue weighted by Gasteiger charge is -2.36.